The highest BCUT2D eigenvalue weighted by atomic mass is 16.5. The first-order valence-electron chi connectivity index (χ1n) is 9.76. The molecule has 0 radical (unpaired) electrons. The second-order valence-electron chi connectivity index (χ2n) is 7.21. The van der Waals surface area contributed by atoms with Gasteiger partial charge in [0.2, 0.25) is 5.91 Å². The first-order chi connectivity index (χ1) is 13.1. The van der Waals surface area contributed by atoms with Crippen LogP contribution < -0.4 is 15.8 Å². The highest BCUT2D eigenvalue weighted by molar-refractivity contribution is 5.95. The molecule has 1 fully saturated rings. The zero-order valence-corrected chi connectivity index (χ0v) is 16.2. The molecule has 0 bridgehead atoms. The molecule has 1 saturated carbocycles. The van der Waals surface area contributed by atoms with E-state index in [1.165, 1.54) is 0 Å². The number of hydrogen-bond acceptors (Lipinski definition) is 5. The topological polar surface area (TPSA) is 86.5 Å². The fourth-order valence-corrected chi connectivity index (χ4v) is 3.60. The molecule has 1 aliphatic carbocycles. The van der Waals surface area contributed by atoms with Crippen LogP contribution in [-0.4, -0.2) is 36.3 Å². The van der Waals surface area contributed by atoms with E-state index in [2.05, 4.69) is 10.3 Å². The van der Waals surface area contributed by atoms with E-state index >= 15 is 0 Å². The van der Waals surface area contributed by atoms with E-state index in [4.69, 9.17) is 15.2 Å². The number of fused-ring (bicyclic) bond motifs is 1. The number of carbonyl (C=O) groups is 1. The molecule has 0 aliphatic heterocycles. The quantitative estimate of drug-likeness (QED) is 0.729. The summed E-state index contributed by atoms with van der Waals surface area (Å²) in [5.41, 5.74) is 8.66. The number of nitrogens with two attached hydrogens (primary N) is 1. The Morgan fingerprint density at radius 3 is 2.81 bits per heavy atom. The Kier molecular flexibility index (Phi) is 6.50. The van der Waals surface area contributed by atoms with Crippen LogP contribution in [0.5, 0.6) is 5.75 Å². The Balaban J connectivity index is 1.55. The lowest BCUT2D eigenvalue weighted by molar-refractivity contribution is -0.126. The minimum Gasteiger partial charge on any atom is -0.490 e. The fourth-order valence-electron chi connectivity index (χ4n) is 3.60. The molecule has 27 heavy (non-hydrogen) atoms. The number of benzene rings is 1. The van der Waals surface area contributed by atoms with Crippen LogP contribution in [0.1, 0.15) is 44.7 Å². The van der Waals surface area contributed by atoms with Gasteiger partial charge in [-0.1, -0.05) is 13.0 Å². The summed E-state index contributed by atoms with van der Waals surface area (Å²) < 4.78 is 11.6. The Morgan fingerprint density at radius 2 is 2.07 bits per heavy atom. The van der Waals surface area contributed by atoms with Crippen LogP contribution in [0.2, 0.25) is 0 Å². The Labute approximate surface area is 160 Å². The summed E-state index contributed by atoms with van der Waals surface area (Å²) in [4.78, 5) is 16.4. The van der Waals surface area contributed by atoms with E-state index in [9.17, 15) is 4.79 Å². The number of aryl methyl sites for hydroxylation is 1. The molecule has 6 heteroatoms. The lowest BCUT2D eigenvalue weighted by atomic mass is 9.93. The van der Waals surface area contributed by atoms with E-state index in [0.717, 1.165) is 54.5 Å². The lowest BCUT2D eigenvalue weighted by Crippen LogP contribution is -2.41. The number of pyridine rings is 1. The summed E-state index contributed by atoms with van der Waals surface area (Å²) in [5.74, 6) is 0.758. The molecule has 1 aromatic carbocycles. The lowest BCUT2D eigenvalue weighted by Gasteiger charge is -2.30. The van der Waals surface area contributed by atoms with E-state index in [0.29, 0.717) is 12.3 Å². The summed E-state index contributed by atoms with van der Waals surface area (Å²) in [6.07, 6.45) is 4.65. The molecule has 6 nitrogen and oxygen atoms in total. The highest BCUT2D eigenvalue weighted by Gasteiger charge is 2.24. The standard InChI is InChI=1S/C21H29N3O3/c1-3-11-26-13-20(25)24-15-7-9-16(10-8-15)27-19-6-4-5-18-21(19)17(22)12-14(2)23-18/h4-6,12,15-16H,3,7-11,13H2,1-2H3,(H2,22,23)(H,24,25). The molecular weight excluding hydrogens is 342 g/mol. The number of carbonyl (C=O) groups excluding carboxylic acids is 1. The summed E-state index contributed by atoms with van der Waals surface area (Å²) in [6.45, 7) is 4.73. The van der Waals surface area contributed by atoms with E-state index in [1.54, 1.807) is 0 Å². The van der Waals surface area contributed by atoms with Gasteiger partial charge in [-0.15, -0.1) is 0 Å². The monoisotopic (exact) mass is 371 g/mol. The van der Waals surface area contributed by atoms with Gasteiger partial charge in [0.15, 0.2) is 0 Å². The van der Waals surface area contributed by atoms with Crippen LogP contribution in [0.25, 0.3) is 10.9 Å². The van der Waals surface area contributed by atoms with Crippen LogP contribution in [0.4, 0.5) is 5.69 Å². The fraction of sp³-hybridized carbons (Fsp3) is 0.524. The van der Waals surface area contributed by atoms with Gasteiger partial charge in [-0.05, 0) is 57.2 Å². The van der Waals surface area contributed by atoms with Crippen LogP contribution >= 0.6 is 0 Å². The number of rotatable bonds is 7. The summed E-state index contributed by atoms with van der Waals surface area (Å²) in [7, 11) is 0. The molecule has 0 saturated heterocycles. The Hall–Kier alpha value is -2.34. The number of nitrogen functional groups attached to an aromatic ring is 1. The van der Waals surface area contributed by atoms with Gasteiger partial charge in [-0.25, -0.2) is 0 Å². The second-order valence-corrected chi connectivity index (χ2v) is 7.21. The van der Waals surface area contributed by atoms with Crippen molar-refractivity contribution >= 4 is 22.5 Å². The van der Waals surface area contributed by atoms with Gasteiger partial charge < -0.3 is 20.5 Å². The van der Waals surface area contributed by atoms with Crippen LogP contribution in [0, 0.1) is 6.92 Å². The Bertz CT molecular complexity index is 786. The molecule has 0 spiro atoms. The molecule has 1 aromatic heterocycles. The molecule has 1 aliphatic rings. The predicted molar refractivity (Wildman–Crippen MR) is 107 cm³/mol. The van der Waals surface area contributed by atoms with Crippen LogP contribution in [0.15, 0.2) is 24.3 Å². The normalized spacial score (nSPS) is 19.8. The summed E-state index contributed by atoms with van der Waals surface area (Å²) in [6, 6.07) is 7.94. The number of nitrogens with zero attached hydrogens (tertiary/aromatic N) is 1. The number of hydrogen-bond donors (Lipinski definition) is 2. The molecule has 3 N–H and O–H groups in total. The third kappa shape index (κ3) is 5.10. The van der Waals surface area contributed by atoms with Crippen molar-refractivity contribution in [2.24, 2.45) is 0 Å². The zero-order valence-electron chi connectivity index (χ0n) is 16.2. The van der Waals surface area contributed by atoms with Gasteiger partial charge in [0, 0.05) is 24.0 Å². The van der Waals surface area contributed by atoms with Gasteiger partial charge in [-0.2, -0.15) is 0 Å². The number of amides is 1. The molecule has 2 aromatic rings. The van der Waals surface area contributed by atoms with E-state index in [-0.39, 0.29) is 24.7 Å². The maximum Gasteiger partial charge on any atom is 0.246 e. The van der Waals surface area contributed by atoms with Crippen molar-refractivity contribution in [1.82, 2.24) is 10.3 Å². The van der Waals surface area contributed by atoms with E-state index in [1.807, 2.05) is 38.1 Å². The molecule has 3 rings (SSSR count). The number of ether oxygens (including phenoxy) is 2. The van der Waals surface area contributed by atoms with Gasteiger partial charge in [-0.3, -0.25) is 9.78 Å². The molecule has 0 atom stereocenters. The minimum atomic E-state index is -0.0314. The van der Waals surface area contributed by atoms with E-state index < -0.39 is 0 Å². The third-order valence-electron chi connectivity index (χ3n) is 4.87. The van der Waals surface area contributed by atoms with Crippen molar-refractivity contribution in [3.63, 3.8) is 0 Å². The summed E-state index contributed by atoms with van der Waals surface area (Å²) in [5, 5.41) is 3.94. The molecule has 1 amide bonds. The van der Waals surface area contributed by atoms with Crippen LogP contribution in [0.3, 0.4) is 0 Å². The van der Waals surface area contributed by atoms with Crippen molar-refractivity contribution in [3.8, 4) is 5.75 Å². The molecule has 1 heterocycles. The number of nitrogens with one attached hydrogen (secondary N) is 1. The van der Waals surface area contributed by atoms with Crippen molar-refractivity contribution < 1.29 is 14.3 Å². The zero-order chi connectivity index (χ0) is 19.2. The average molecular weight is 371 g/mol. The molecule has 0 unspecified atom stereocenters. The molecular formula is C21H29N3O3. The largest absolute Gasteiger partial charge is 0.490 e. The molecule has 146 valence electrons. The SMILES string of the molecule is CCCOCC(=O)NC1CCC(Oc2cccc3nc(C)cc(N)c23)CC1. The first-order valence-corrected chi connectivity index (χ1v) is 9.76. The first kappa shape index (κ1) is 19.4. The van der Waals surface area contributed by atoms with Gasteiger partial charge >= 0.3 is 0 Å². The van der Waals surface area contributed by atoms with Gasteiger partial charge in [0.1, 0.15) is 12.4 Å². The third-order valence-corrected chi connectivity index (χ3v) is 4.87. The number of anilines is 1. The van der Waals surface area contributed by atoms with Crippen molar-refractivity contribution in [2.45, 2.75) is 58.1 Å². The maximum atomic E-state index is 11.9. The van der Waals surface area contributed by atoms with Gasteiger partial charge in [0.25, 0.3) is 0 Å². The van der Waals surface area contributed by atoms with Crippen LogP contribution in [-0.2, 0) is 9.53 Å². The van der Waals surface area contributed by atoms with Crippen molar-refractivity contribution in [1.29, 1.82) is 0 Å². The van der Waals surface area contributed by atoms with Gasteiger partial charge in [0.05, 0.1) is 17.0 Å². The smallest absolute Gasteiger partial charge is 0.246 e. The van der Waals surface area contributed by atoms with Crippen molar-refractivity contribution in [2.75, 3.05) is 18.9 Å². The minimum absolute atomic E-state index is 0.0314. The predicted octanol–water partition coefficient (Wildman–Crippen LogP) is 3.36. The number of aromatic nitrogens is 1. The van der Waals surface area contributed by atoms with Crippen molar-refractivity contribution in [3.05, 3.63) is 30.0 Å². The Morgan fingerprint density at radius 1 is 1.30 bits per heavy atom. The second kappa shape index (κ2) is 9.04. The average Bonchev–Trinajstić information content (AvgIpc) is 2.63. The summed E-state index contributed by atoms with van der Waals surface area (Å²) >= 11 is 0. The highest BCUT2D eigenvalue weighted by Crippen LogP contribution is 2.33. The maximum absolute atomic E-state index is 11.9.